The smallest absolute Gasteiger partial charge is 0.234 e. The maximum Gasteiger partial charge on any atom is 0.234 e. The molecule has 0 aliphatic carbocycles. The Morgan fingerprint density at radius 1 is 1.29 bits per heavy atom. The number of nitrogens with one attached hydrogen (secondary N) is 2. The normalized spacial score (nSPS) is 9.53. The number of carbonyl (C=O) groups excluding carboxylic acids is 1. The van der Waals surface area contributed by atoms with Crippen LogP contribution in [0.4, 0.5) is 0 Å². The van der Waals surface area contributed by atoms with E-state index >= 15 is 0 Å². The first-order valence-electron chi connectivity index (χ1n) is 5.25. The van der Waals surface area contributed by atoms with Gasteiger partial charge in [-0.3, -0.25) is 4.79 Å². The van der Waals surface area contributed by atoms with E-state index in [0.717, 1.165) is 11.1 Å². The first-order chi connectivity index (χ1) is 7.77. The molecule has 17 heavy (non-hydrogen) atoms. The molecule has 1 amide bonds. The van der Waals surface area contributed by atoms with Gasteiger partial charge in [0.15, 0.2) is 0 Å². The third-order valence-corrected chi connectivity index (χ3v) is 2.23. The van der Waals surface area contributed by atoms with Gasteiger partial charge in [-0.05, 0) is 18.2 Å². The molecule has 0 aromatic heterocycles. The lowest BCUT2D eigenvalue weighted by Gasteiger charge is -2.09. The van der Waals surface area contributed by atoms with Crippen molar-refractivity contribution in [1.82, 2.24) is 10.6 Å². The van der Waals surface area contributed by atoms with Crippen molar-refractivity contribution in [2.45, 2.75) is 13.2 Å². The molecule has 0 spiro atoms. The van der Waals surface area contributed by atoms with E-state index in [1.165, 1.54) is 0 Å². The molecule has 0 aliphatic heterocycles. The summed E-state index contributed by atoms with van der Waals surface area (Å²) >= 11 is 0. The molecular weight excluding hydrogens is 240 g/mol. The molecule has 1 aromatic rings. The van der Waals surface area contributed by atoms with Gasteiger partial charge >= 0.3 is 0 Å². The summed E-state index contributed by atoms with van der Waals surface area (Å²) in [5.74, 6) is -0.00489. The van der Waals surface area contributed by atoms with E-state index in [2.05, 4.69) is 10.6 Å². The number of carbonyl (C=O) groups is 1. The molecule has 0 bridgehead atoms. The number of ether oxygens (including phenoxy) is 1. The highest BCUT2D eigenvalue weighted by molar-refractivity contribution is 5.85. The van der Waals surface area contributed by atoms with Gasteiger partial charge in [-0.2, -0.15) is 0 Å². The maximum atomic E-state index is 11.3. The molecule has 0 unspecified atom stereocenters. The Bertz CT molecular complexity index is 345. The summed E-state index contributed by atoms with van der Waals surface area (Å²) in [5, 5.41) is 5.65. The Morgan fingerprint density at radius 3 is 2.53 bits per heavy atom. The summed E-state index contributed by atoms with van der Waals surface area (Å²) < 4.78 is 5.10. The standard InChI is InChI=1S/C12H18N2O2.ClH/c1-13-8-12(15)14-7-10-5-3-4-6-11(10)9-16-2;/h3-6,13H,7-9H2,1-2H3,(H,14,15);1H. The highest BCUT2D eigenvalue weighted by atomic mass is 35.5. The molecule has 1 rings (SSSR count). The average Bonchev–Trinajstić information content (AvgIpc) is 2.29. The second-order valence-electron chi connectivity index (χ2n) is 3.51. The summed E-state index contributed by atoms with van der Waals surface area (Å²) in [5.41, 5.74) is 2.20. The van der Waals surface area contributed by atoms with Crippen LogP contribution in [0.5, 0.6) is 0 Å². The number of methoxy groups -OCH3 is 1. The van der Waals surface area contributed by atoms with Crippen LogP contribution in [0.3, 0.4) is 0 Å². The second kappa shape index (κ2) is 8.98. The summed E-state index contributed by atoms with van der Waals surface area (Å²) in [7, 11) is 3.41. The fourth-order valence-electron chi connectivity index (χ4n) is 1.44. The highest BCUT2D eigenvalue weighted by Crippen LogP contribution is 2.09. The Kier molecular flexibility index (Phi) is 8.40. The molecule has 0 saturated carbocycles. The largest absolute Gasteiger partial charge is 0.380 e. The lowest BCUT2D eigenvalue weighted by Crippen LogP contribution is -2.31. The Balaban J connectivity index is 0.00000256. The van der Waals surface area contributed by atoms with Gasteiger partial charge in [0.1, 0.15) is 0 Å². The van der Waals surface area contributed by atoms with E-state index in [9.17, 15) is 4.79 Å². The van der Waals surface area contributed by atoms with Crippen LogP contribution in [0.2, 0.25) is 0 Å². The Morgan fingerprint density at radius 2 is 1.94 bits per heavy atom. The molecular formula is C12H19ClN2O2. The zero-order valence-corrected chi connectivity index (χ0v) is 11.0. The minimum absolute atomic E-state index is 0. The summed E-state index contributed by atoms with van der Waals surface area (Å²) in [6.45, 7) is 1.45. The topological polar surface area (TPSA) is 50.4 Å². The van der Waals surface area contributed by atoms with E-state index in [0.29, 0.717) is 19.7 Å². The molecule has 0 radical (unpaired) electrons. The lowest BCUT2D eigenvalue weighted by atomic mass is 10.1. The maximum absolute atomic E-state index is 11.3. The van der Waals surface area contributed by atoms with E-state index < -0.39 is 0 Å². The number of rotatable bonds is 6. The number of benzene rings is 1. The van der Waals surface area contributed by atoms with Gasteiger partial charge in [-0.15, -0.1) is 12.4 Å². The third-order valence-electron chi connectivity index (χ3n) is 2.23. The van der Waals surface area contributed by atoms with Crippen LogP contribution in [0, 0.1) is 0 Å². The van der Waals surface area contributed by atoms with Crippen molar-refractivity contribution in [3.8, 4) is 0 Å². The van der Waals surface area contributed by atoms with Gasteiger partial charge in [-0.1, -0.05) is 24.3 Å². The van der Waals surface area contributed by atoms with Crippen molar-refractivity contribution in [2.75, 3.05) is 20.7 Å². The van der Waals surface area contributed by atoms with Crippen molar-refractivity contribution >= 4 is 18.3 Å². The van der Waals surface area contributed by atoms with Crippen molar-refractivity contribution < 1.29 is 9.53 Å². The van der Waals surface area contributed by atoms with Crippen molar-refractivity contribution in [1.29, 1.82) is 0 Å². The Hall–Kier alpha value is -1.10. The zero-order valence-electron chi connectivity index (χ0n) is 10.2. The number of likely N-dealkylation sites (N-methyl/N-ethyl adjacent to an activating group) is 1. The van der Waals surface area contributed by atoms with Crippen LogP contribution in [0.25, 0.3) is 0 Å². The van der Waals surface area contributed by atoms with E-state index in [-0.39, 0.29) is 18.3 Å². The number of hydrogen-bond donors (Lipinski definition) is 2. The zero-order chi connectivity index (χ0) is 11.8. The molecule has 0 aliphatic rings. The SMILES string of the molecule is CNCC(=O)NCc1ccccc1COC.Cl. The van der Waals surface area contributed by atoms with Crippen molar-refractivity contribution in [3.05, 3.63) is 35.4 Å². The molecule has 4 nitrogen and oxygen atoms in total. The monoisotopic (exact) mass is 258 g/mol. The molecule has 1 aromatic carbocycles. The molecule has 0 atom stereocenters. The first-order valence-corrected chi connectivity index (χ1v) is 5.25. The molecule has 96 valence electrons. The van der Waals surface area contributed by atoms with Crippen LogP contribution in [-0.4, -0.2) is 26.6 Å². The van der Waals surface area contributed by atoms with Gasteiger partial charge in [-0.25, -0.2) is 0 Å². The fraction of sp³-hybridized carbons (Fsp3) is 0.417. The molecule has 0 fully saturated rings. The van der Waals surface area contributed by atoms with Crippen molar-refractivity contribution in [2.24, 2.45) is 0 Å². The molecule has 0 saturated heterocycles. The molecule has 2 N–H and O–H groups in total. The minimum atomic E-state index is -0.00489. The predicted octanol–water partition coefficient (Wildman–Crippen LogP) is 1.09. The van der Waals surface area contributed by atoms with E-state index in [1.54, 1.807) is 14.2 Å². The summed E-state index contributed by atoms with van der Waals surface area (Å²) in [6.07, 6.45) is 0. The highest BCUT2D eigenvalue weighted by Gasteiger charge is 2.03. The predicted molar refractivity (Wildman–Crippen MR) is 70.2 cm³/mol. The molecule has 5 heteroatoms. The van der Waals surface area contributed by atoms with Gasteiger partial charge in [0.05, 0.1) is 13.2 Å². The second-order valence-corrected chi connectivity index (χ2v) is 3.51. The summed E-state index contributed by atoms with van der Waals surface area (Å²) in [6, 6.07) is 7.92. The average molecular weight is 259 g/mol. The van der Waals surface area contributed by atoms with Crippen LogP contribution in [0.1, 0.15) is 11.1 Å². The van der Waals surface area contributed by atoms with Crippen LogP contribution < -0.4 is 10.6 Å². The number of halogens is 1. The quantitative estimate of drug-likeness (QED) is 0.803. The Labute approximate surface area is 108 Å². The third kappa shape index (κ3) is 5.68. The number of amides is 1. The fourth-order valence-corrected chi connectivity index (χ4v) is 1.44. The number of hydrogen-bond acceptors (Lipinski definition) is 3. The van der Waals surface area contributed by atoms with Gasteiger partial charge in [0.2, 0.25) is 5.91 Å². The van der Waals surface area contributed by atoms with Gasteiger partial charge in [0, 0.05) is 13.7 Å². The van der Waals surface area contributed by atoms with Crippen LogP contribution in [-0.2, 0) is 22.7 Å². The van der Waals surface area contributed by atoms with Crippen LogP contribution in [0.15, 0.2) is 24.3 Å². The van der Waals surface area contributed by atoms with E-state index in [1.807, 2.05) is 24.3 Å². The van der Waals surface area contributed by atoms with E-state index in [4.69, 9.17) is 4.74 Å². The first kappa shape index (κ1) is 15.9. The van der Waals surface area contributed by atoms with Gasteiger partial charge < -0.3 is 15.4 Å². The van der Waals surface area contributed by atoms with Gasteiger partial charge in [0.25, 0.3) is 0 Å². The lowest BCUT2D eigenvalue weighted by molar-refractivity contribution is -0.120. The van der Waals surface area contributed by atoms with Crippen molar-refractivity contribution in [3.63, 3.8) is 0 Å². The summed E-state index contributed by atoms with van der Waals surface area (Å²) in [4.78, 5) is 11.3. The minimum Gasteiger partial charge on any atom is -0.380 e. The molecule has 0 heterocycles. The van der Waals surface area contributed by atoms with Crippen LogP contribution >= 0.6 is 12.4 Å².